The zero-order valence-electron chi connectivity index (χ0n) is 7.12. The molecule has 0 aromatic heterocycles. The lowest BCUT2D eigenvalue weighted by molar-refractivity contribution is 0.474. The van der Waals surface area contributed by atoms with Crippen molar-refractivity contribution in [3.05, 3.63) is 35.9 Å². The molecule has 1 aromatic carbocycles. The number of likely N-dealkylation sites (N-methyl/N-ethyl adjacent to an activating group) is 1. The summed E-state index contributed by atoms with van der Waals surface area (Å²) in [4.78, 5) is 0. The van der Waals surface area contributed by atoms with Crippen molar-refractivity contribution in [2.75, 3.05) is 13.6 Å². The van der Waals surface area contributed by atoms with E-state index in [1.54, 1.807) is 6.07 Å². The summed E-state index contributed by atoms with van der Waals surface area (Å²) >= 11 is 0. The smallest absolute Gasteiger partial charge is 0.122 e. The largest absolute Gasteiger partial charge is 0.507 e. The Labute approximate surface area is 72.5 Å². The van der Waals surface area contributed by atoms with Crippen LogP contribution in [0.15, 0.2) is 30.3 Å². The quantitative estimate of drug-likeness (QED) is 0.709. The number of benzene rings is 1. The molecule has 0 radical (unpaired) electrons. The summed E-state index contributed by atoms with van der Waals surface area (Å²) in [5, 5.41) is 12.3. The van der Waals surface area contributed by atoms with Gasteiger partial charge in [-0.1, -0.05) is 30.4 Å². The molecule has 0 spiro atoms. The number of nitrogens with one attached hydrogen (secondary N) is 1. The maximum atomic E-state index is 9.34. The second-order valence-corrected chi connectivity index (χ2v) is 2.52. The van der Waals surface area contributed by atoms with Crippen molar-refractivity contribution in [1.29, 1.82) is 0 Å². The standard InChI is InChI=1S/C10H13NO/c1-11-8-4-6-9-5-2-3-7-10(9)12/h2-7,11-12H,8H2,1H3. The van der Waals surface area contributed by atoms with E-state index in [4.69, 9.17) is 0 Å². The van der Waals surface area contributed by atoms with Crippen LogP contribution >= 0.6 is 0 Å². The first kappa shape index (κ1) is 8.81. The van der Waals surface area contributed by atoms with Gasteiger partial charge in [-0.25, -0.2) is 0 Å². The predicted octanol–water partition coefficient (Wildman–Crippen LogP) is 1.62. The molecule has 1 rings (SSSR count). The Kier molecular flexibility index (Phi) is 3.35. The van der Waals surface area contributed by atoms with Crippen molar-refractivity contribution >= 4 is 6.08 Å². The summed E-state index contributed by atoms with van der Waals surface area (Å²) in [7, 11) is 1.88. The van der Waals surface area contributed by atoms with E-state index in [2.05, 4.69) is 5.32 Å². The van der Waals surface area contributed by atoms with Crippen LogP contribution in [0.1, 0.15) is 5.56 Å². The molecule has 0 unspecified atom stereocenters. The minimum Gasteiger partial charge on any atom is -0.507 e. The number of hydrogen-bond acceptors (Lipinski definition) is 2. The van der Waals surface area contributed by atoms with Gasteiger partial charge < -0.3 is 10.4 Å². The van der Waals surface area contributed by atoms with E-state index in [1.807, 2.05) is 37.4 Å². The highest BCUT2D eigenvalue weighted by Gasteiger charge is 1.91. The van der Waals surface area contributed by atoms with Crippen LogP contribution in [0, 0.1) is 0 Å². The maximum Gasteiger partial charge on any atom is 0.122 e. The Morgan fingerprint density at radius 1 is 1.42 bits per heavy atom. The van der Waals surface area contributed by atoms with Crippen molar-refractivity contribution < 1.29 is 5.11 Å². The van der Waals surface area contributed by atoms with Crippen LogP contribution in [0.2, 0.25) is 0 Å². The van der Waals surface area contributed by atoms with Crippen molar-refractivity contribution in [3.8, 4) is 5.75 Å². The molecular weight excluding hydrogens is 150 g/mol. The molecule has 0 aliphatic heterocycles. The molecule has 1 aromatic rings. The predicted molar refractivity (Wildman–Crippen MR) is 51.1 cm³/mol. The van der Waals surface area contributed by atoms with Crippen molar-refractivity contribution in [2.45, 2.75) is 0 Å². The van der Waals surface area contributed by atoms with Gasteiger partial charge in [0, 0.05) is 12.1 Å². The number of rotatable bonds is 3. The molecule has 0 saturated heterocycles. The Morgan fingerprint density at radius 2 is 2.17 bits per heavy atom. The minimum absolute atomic E-state index is 0.324. The SMILES string of the molecule is CNCC=Cc1ccccc1O. The molecule has 2 nitrogen and oxygen atoms in total. The van der Waals surface area contributed by atoms with Crippen LogP contribution in [-0.2, 0) is 0 Å². The maximum absolute atomic E-state index is 9.34. The summed E-state index contributed by atoms with van der Waals surface area (Å²) in [5.41, 5.74) is 0.854. The highest BCUT2D eigenvalue weighted by molar-refractivity contribution is 5.56. The number of hydrogen-bond donors (Lipinski definition) is 2. The van der Waals surface area contributed by atoms with Crippen LogP contribution < -0.4 is 5.32 Å². The number of aromatic hydroxyl groups is 1. The van der Waals surface area contributed by atoms with Gasteiger partial charge in [-0.05, 0) is 13.1 Å². The lowest BCUT2D eigenvalue weighted by atomic mass is 10.2. The van der Waals surface area contributed by atoms with Crippen molar-refractivity contribution in [3.63, 3.8) is 0 Å². The minimum atomic E-state index is 0.324. The number of phenolic OH excluding ortho intramolecular Hbond substituents is 1. The van der Waals surface area contributed by atoms with Gasteiger partial charge in [0.15, 0.2) is 0 Å². The Bertz CT molecular complexity index is 268. The molecule has 2 N–H and O–H groups in total. The molecule has 12 heavy (non-hydrogen) atoms. The molecular formula is C10H13NO. The Hall–Kier alpha value is -1.28. The van der Waals surface area contributed by atoms with Gasteiger partial charge in [-0.3, -0.25) is 0 Å². The van der Waals surface area contributed by atoms with E-state index < -0.39 is 0 Å². The molecule has 0 atom stereocenters. The monoisotopic (exact) mass is 163 g/mol. The van der Waals surface area contributed by atoms with Crippen LogP contribution in [0.4, 0.5) is 0 Å². The summed E-state index contributed by atoms with van der Waals surface area (Å²) in [6, 6.07) is 7.27. The highest BCUT2D eigenvalue weighted by Crippen LogP contribution is 2.16. The number of phenols is 1. The van der Waals surface area contributed by atoms with Crippen LogP contribution in [0.3, 0.4) is 0 Å². The molecule has 0 heterocycles. The van der Waals surface area contributed by atoms with Gasteiger partial charge in [0.1, 0.15) is 5.75 Å². The van der Waals surface area contributed by atoms with Crippen LogP contribution in [-0.4, -0.2) is 18.7 Å². The molecule has 0 bridgehead atoms. The van der Waals surface area contributed by atoms with E-state index in [1.165, 1.54) is 0 Å². The van der Waals surface area contributed by atoms with Gasteiger partial charge in [0.05, 0.1) is 0 Å². The third-order valence-corrected chi connectivity index (χ3v) is 1.56. The molecule has 0 amide bonds. The normalized spacial score (nSPS) is 10.8. The van der Waals surface area contributed by atoms with E-state index in [-0.39, 0.29) is 0 Å². The van der Waals surface area contributed by atoms with Gasteiger partial charge in [-0.2, -0.15) is 0 Å². The fourth-order valence-electron chi connectivity index (χ4n) is 0.932. The van der Waals surface area contributed by atoms with E-state index >= 15 is 0 Å². The average Bonchev–Trinajstić information content (AvgIpc) is 2.09. The van der Waals surface area contributed by atoms with E-state index in [0.29, 0.717) is 5.75 Å². The second-order valence-electron chi connectivity index (χ2n) is 2.52. The number of para-hydroxylation sites is 1. The molecule has 0 aliphatic carbocycles. The first-order chi connectivity index (χ1) is 5.84. The highest BCUT2D eigenvalue weighted by atomic mass is 16.3. The van der Waals surface area contributed by atoms with Gasteiger partial charge in [0.2, 0.25) is 0 Å². The van der Waals surface area contributed by atoms with Crippen LogP contribution in [0.5, 0.6) is 5.75 Å². The Morgan fingerprint density at radius 3 is 2.83 bits per heavy atom. The van der Waals surface area contributed by atoms with E-state index in [9.17, 15) is 5.11 Å². The van der Waals surface area contributed by atoms with Gasteiger partial charge >= 0.3 is 0 Å². The summed E-state index contributed by atoms with van der Waals surface area (Å²) in [5.74, 6) is 0.324. The average molecular weight is 163 g/mol. The first-order valence-electron chi connectivity index (χ1n) is 3.93. The molecule has 0 fully saturated rings. The molecule has 0 aliphatic rings. The third-order valence-electron chi connectivity index (χ3n) is 1.56. The zero-order chi connectivity index (χ0) is 8.81. The van der Waals surface area contributed by atoms with Gasteiger partial charge in [0.25, 0.3) is 0 Å². The fourth-order valence-corrected chi connectivity index (χ4v) is 0.932. The molecule has 2 heteroatoms. The summed E-state index contributed by atoms with van der Waals surface area (Å²) in [6.45, 7) is 0.814. The summed E-state index contributed by atoms with van der Waals surface area (Å²) < 4.78 is 0. The lowest BCUT2D eigenvalue weighted by Crippen LogP contribution is -2.03. The Balaban J connectivity index is 2.68. The molecule has 0 saturated carbocycles. The second kappa shape index (κ2) is 4.57. The zero-order valence-corrected chi connectivity index (χ0v) is 7.12. The lowest BCUT2D eigenvalue weighted by Gasteiger charge is -1.96. The fraction of sp³-hybridized carbons (Fsp3) is 0.200. The van der Waals surface area contributed by atoms with E-state index in [0.717, 1.165) is 12.1 Å². The first-order valence-corrected chi connectivity index (χ1v) is 3.93. The topological polar surface area (TPSA) is 32.3 Å². The molecule has 64 valence electrons. The van der Waals surface area contributed by atoms with Crippen molar-refractivity contribution in [2.24, 2.45) is 0 Å². The third kappa shape index (κ3) is 2.40. The summed E-state index contributed by atoms with van der Waals surface area (Å²) in [6.07, 6.45) is 3.86. The van der Waals surface area contributed by atoms with Crippen molar-refractivity contribution in [1.82, 2.24) is 5.32 Å². The van der Waals surface area contributed by atoms with Crippen LogP contribution in [0.25, 0.3) is 6.08 Å². The van der Waals surface area contributed by atoms with Gasteiger partial charge in [-0.15, -0.1) is 0 Å².